The molecule has 0 atom stereocenters. The highest BCUT2D eigenvalue weighted by Crippen LogP contribution is 2.10. The van der Waals surface area contributed by atoms with Gasteiger partial charge in [0.05, 0.1) is 6.61 Å². The molecule has 0 aliphatic heterocycles. The van der Waals surface area contributed by atoms with E-state index in [-0.39, 0.29) is 6.79 Å². The number of ether oxygens (including phenoxy) is 1. The number of rotatable bonds is 4. The van der Waals surface area contributed by atoms with Gasteiger partial charge in [0.25, 0.3) is 0 Å². The van der Waals surface area contributed by atoms with E-state index in [0.717, 1.165) is 12.0 Å². The maximum Gasteiger partial charge on any atom is 0.144 e. The van der Waals surface area contributed by atoms with Gasteiger partial charge in [0, 0.05) is 0 Å². The van der Waals surface area contributed by atoms with E-state index in [1.54, 1.807) is 0 Å². The Kier molecular flexibility index (Phi) is 3.77. The summed E-state index contributed by atoms with van der Waals surface area (Å²) in [6.45, 7) is 2.40. The Morgan fingerprint density at radius 1 is 1.25 bits per heavy atom. The minimum absolute atomic E-state index is 0.210. The number of hydrogen-bond donors (Lipinski definition) is 1. The van der Waals surface area contributed by atoms with Crippen molar-refractivity contribution in [2.45, 2.75) is 20.0 Å². The predicted octanol–water partition coefficient (Wildman–Crippen LogP) is 1.72. The summed E-state index contributed by atoms with van der Waals surface area (Å²) in [6.07, 6.45) is 1.00. The Balaban J connectivity index is 2.68. The molecule has 2 nitrogen and oxygen atoms in total. The van der Waals surface area contributed by atoms with Gasteiger partial charge in [-0.25, -0.2) is 0 Å². The zero-order valence-electron chi connectivity index (χ0n) is 7.29. The van der Waals surface area contributed by atoms with Crippen molar-refractivity contribution in [3.05, 3.63) is 35.4 Å². The summed E-state index contributed by atoms with van der Waals surface area (Å²) in [6, 6.07) is 8.10. The van der Waals surface area contributed by atoms with Crippen LogP contribution in [0.1, 0.15) is 18.1 Å². The van der Waals surface area contributed by atoms with Crippen LogP contribution in [0.25, 0.3) is 0 Å². The Labute approximate surface area is 72.8 Å². The van der Waals surface area contributed by atoms with Gasteiger partial charge in [-0.15, -0.1) is 0 Å². The Bertz CT molecular complexity index is 233. The van der Waals surface area contributed by atoms with Crippen molar-refractivity contribution in [1.82, 2.24) is 0 Å². The van der Waals surface area contributed by atoms with E-state index in [4.69, 9.17) is 9.84 Å². The molecule has 0 radical (unpaired) electrons. The number of hydrogen-bond acceptors (Lipinski definition) is 2. The molecule has 1 aromatic rings. The fraction of sp³-hybridized carbons (Fsp3) is 0.400. The molecule has 0 saturated heterocycles. The van der Waals surface area contributed by atoms with Crippen LogP contribution in [0.15, 0.2) is 24.3 Å². The fourth-order valence-electron chi connectivity index (χ4n) is 1.20. The lowest BCUT2D eigenvalue weighted by Crippen LogP contribution is -1.97. The van der Waals surface area contributed by atoms with Crippen molar-refractivity contribution >= 4 is 0 Å². The minimum Gasteiger partial charge on any atom is -0.371 e. The van der Waals surface area contributed by atoms with Crippen LogP contribution in [0.3, 0.4) is 0 Å². The lowest BCUT2D eigenvalue weighted by molar-refractivity contribution is -0.0114. The van der Waals surface area contributed by atoms with Crippen LogP contribution in [-0.4, -0.2) is 11.9 Å². The average Bonchev–Trinajstić information content (AvgIpc) is 2.15. The second kappa shape index (κ2) is 4.91. The zero-order chi connectivity index (χ0) is 8.81. The largest absolute Gasteiger partial charge is 0.371 e. The van der Waals surface area contributed by atoms with E-state index in [1.807, 2.05) is 18.2 Å². The summed E-state index contributed by atoms with van der Waals surface area (Å²) in [5, 5.41) is 8.47. The molecule has 0 bridgehead atoms. The molecule has 0 heterocycles. The molecule has 0 amide bonds. The van der Waals surface area contributed by atoms with Crippen molar-refractivity contribution in [1.29, 1.82) is 0 Å². The maximum atomic E-state index is 8.47. The highest BCUT2D eigenvalue weighted by atomic mass is 16.6. The van der Waals surface area contributed by atoms with Crippen molar-refractivity contribution < 1.29 is 9.84 Å². The SMILES string of the molecule is CCc1ccccc1COCO. The van der Waals surface area contributed by atoms with Gasteiger partial charge in [-0.05, 0) is 17.5 Å². The third kappa shape index (κ3) is 2.32. The van der Waals surface area contributed by atoms with E-state index in [1.165, 1.54) is 5.56 Å². The Hall–Kier alpha value is -0.860. The van der Waals surface area contributed by atoms with Crippen LogP contribution >= 0.6 is 0 Å². The topological polar surface area (TPSA) is 29.5 Å². The summed E-state index contributed by atoms with van der Waals surface area (Å²) in [4.78, 5) is 0. The second-order valence-electron chi connectivity index (χ2n) is 2.60. The first-order valence-electron chi connectivity index (χ1n) is 4.14. The van der Waals surface area contributed by atoms with Gasteiger partial charge in [-0.2, -0.15) is 0 Å². The van der Waals surface area contributed by atoms with Crippen LogP contribution in [0.2, 0.25) is 0 Å². The molecule has 0 aromatic heterocycles. The first-order valence-corrected chi connectivity index (χ1v) is 4.14. The van der Waals surface area contributed by atoms with Gasteiger partial charge in [0.15, 0.2) is 0 Å². The number of benzene rings is 1. The summed E-state index contributed by atoms with van der Waals surface area (Å²) in [7, 11) is 0. The lowest BCUT2D eigenvalue weighted by atomic mass is 10.1. The highest BCUT2D eigenvalue weighted by molar-refractivity contribution is 5.26. The molecule has 1 N–H and O–H groups in total. The molecule has 12 heavy (non-hydrogen) atoms. The van der Waals surface area contributed by atoms with Crippen molar-refractivity contribution in [3.63, 3.8) is 0 Å². The van der Waals surface area contributed by atoms with Gasteiger partial charge in [0.1, 0.15) is 6.79 Å². The van der Waals surface area contributed by atoms with E-state index in [9.17, 15) is 0 Å². The van der Waals surface area contributed by atoms with E-state index in [2.05, 4.69) is 13.0 Å². The average molecular weight is 166 g/mol. The summed E-state index contributed by atoms with van der Waals surface area (Å²) < 4.78 is 4.92. The molecule has 0 saturated carbocycles. The standard InChI is InChI=1S/C10H14O2/c1-2-9-5-3-4-6-10(9)7-12-8-11/h3-6,11H,2,7-8H2,1H3. The third-order valence-electron chi connectivity index (χ3n) is 1.85. The molecule has 0 aliphatic carbocycles. The van der Waals surface area contributed by atoms with Gasteiger partial charge in [-0.1, -0.05) is 31.2 Å². The van der Waals surface area contributed by atoms with Crippen LogP contribution in [-0.2, 0) is 17.8 Å². The summed E-state index contributed by atoms with van der Waals surface area (Å²) in [5.41, 5.74) is 2.44. The first-order chi connectivity index (χ1) is 5.88. The van der Waals surface area contributed by atoms with Crippen LogP contribution in [0.4, 0.5) is 0 Å². The minimum atomic E-state index is -0.210. The van der Waals surface area contributed by atoms with E-state index in [0.29, 0.717) is 6.61 Å². The number of aryl methyl sites for hydroxylation is 1. The van der Waals surface area contributed by atoms with Crippen molar-refractivity contribution in [2.24, 2.45) is 0 Å². The number of aliphatic hydroxyl groups is 1. The van der Waals surface area contributed by atoms with Gasteiger partial charge >= 0.3 is 0 Å². The lowest BCUT2D eigenvalue weighted by Gasteiger charge is -2.06. The fourth-order valence-corrected chi connectivity index (χ4v) is 1.20. The number of aliphatic hydroxyl groups excluding tert-OH is 1. The molecule has 2 heteroatoms. The highest BCUT2D eigenvalue weighted by Gasteiger charge is 1.97. The predicted molar refractivity (Wildman–Crippen MR) is 47.7 cm³/mol. The van der Waals surface area contributed by atoms with Gasteiger partial charge < -0.3 is 9.84 Å². The van der Waals surface area contributed by atoms with Gasteiger partial charge in [0.2, 0.25) is 0 Å². The monoisotopic (exact) mass is 166 g/mol. The second-order valence-corrected chi connectivity index (χ2v) is 2.60. The smallest absolute Gasteiger partial charge is 0.144 e. The van der Waals surface area contributed by atoms with Crippen LogP contribution < -0.4 is 0 Å². The Morgan fingerprint density at radius 3 is 2.50 bits per heavy atom. The van der Waals surface area contributed by atoms with Crippen molar-refractivity contribution in [3.8, 4) is 0 Å². The van der Waals surface area contributed by atoms with E-state index >= 15 is 0 Å². The molecule has 66 valence electrons. The van der Waals surface area contributed by atoms with Crippen molar-refractivity contribution in [2.75, 3.05) is 6.79 Å². The zero-order valence-corrected chi connectivity index (χ0v) is 7.29. The quantitative estimate of drug-likeness (QED) is 0.690. The first kappa shape index (κ1) is 9.23. The third-order valence-corrected chi connectivity index (χ3v) is 1.85. The normalized spacial score (nSPS) is 10.2. The maximum absolute atomic E-state index is 8.47. The molecule has 0 spiro atoms. The summed E-state index contributed by atoms with van der Waals surface area (Å²) >= 11 is 0. The van der Waals surface area contributed by atoms with Gasteiger partial charge in [-0.3, -0.25) is 0 Å². The van der Waals surface area contributed by atoms with Crippen LogP contribution in [0, 0.1) is 0 Å². The molecular weight excluding hydrogens is 152 g/mol. The Morgan fingerprint density at radius 2 is 1.92 bits per heavy atom. The molecule has 1 rings (SSSR count). The van der Waals surface area contributed by atoms with Crippen LogP contribution in [0.5, 0.6) is 0 Å². The molecular formula is C10H14O2. The molecule has 0 aliphatic rings. The molecule has 0 unspecified atom stereocenters. The molecule has 1 aromatic carbocycles. The molecule has 0 fully saturated rings. The van der Waals surface area contributed by atoms with E-state index < -0.39 is 0 Å². The summed E-state index contributed by atoms with van der Waals surface area (Å²) in [5.74, 6) is 0.